The fraction of sp³-hybridized carbons (Fsp3) is 0.688. The molecule has 1 N–H and O–H groups in total. The Labute approximate surface area is 143 Å². The highest BCUT2D eigenvalue weighted by atomic mass is 19.4. The molecule has 2 aliphatic heterocycles. The van der Waals surface area contributed by atoms with E-state index in [1.807, 2.05) is 0 Å². The molecule has 25 heavy (non-hydrogen) atoms. The number of hydrogen-bond acceptors (Lipinski definition) is 5. The lowest BCUT2D eigenvalue weighted by atomic mass is 9.96. The first kappa shape index (κ1) is 17.9. The highest BCUT2D eigenvalue weighted by Crippen LogP contribution is 2.29. The number of amides is 1. The number of aromatic nitrogens is 2. The predicted octanol–water partition coefficient (Wildman–Crippen LogP) is 2.01. The van der Waals surface area contributed by atoms with E-state index >= 15 is 0 Å². The van der Waals surface area contributed by atoms with Gasteiger partial charge in [-0.3, -0.25) is 4.79 Å². The molecule has 1 aromatic rings. The Hall–Kier alpha value is -1.90. The van der Waals surface area contributed by atoms with Crippen molar-refractivity contribution in [1.29, 1.82) is 0 Å². The second-order valence-electron chi connectivity index (χ2n) is 6.42. The number of nitrogens with one attached hydrogen (secondary N) is 1. The van der Waals surface area contributed by atoms with Crippen LogP contribution in [0.25, 0.3) is 0 Å². The molecule has 0 spiro atoms. The minimum absolute atomic E-state index is 0.0263. The van der Waals surface area contributed by atoms with E-state index in [1.54, 1.807) is 4.90 Å². The standard InChI is InChI=1S/C16H21F3N4O2/c17-16(18,19)13-3-6-20-15(22-13)23-7-1-2-11(10-23)14(24)21-12-4-8-25-9-5-12/h3,6,11-12H,1-2,4-5,7-10H2,(H,21,24). The first-order valence-corrected chi connectivity index (χ1v) is 8.47. The maximum atomic E-state index is 12.8. The van der Waals surface area contributed by atoms with Gasteiger partial charge in [0.05, 0.1) is 5.92 Å². The van der Waals surface area contributed by atoms with Gasteiger partial charge in [0.15, 0.2) is 0 Å². The van der Waals surface area contributed by atoms with Gasteiger partial charge in [-0.15, -0.1) is 0 Å². The number of nitrogens with zero attached hydrogens (tertiary/aromatic N) is 3. The average Bonchev–Trinajstić information content (AvgIpc) is 2.62. The van der Waals surface area contributed by atoms with Gasteiger partial charge >= 0.3 is 6.18 Å². The molecule has 0 aliphatic carbocycles. The summed E-state index contributed by atoms with van der Waals surface area (Å²) in [4.78, 5) is 21.7. The van der Waals surface area contributed by atoms with Gasteiger partial charge in [0, 0.05) is 38.5 Å². The number of piperidine rings is 1. The van der Waals surface area contributed by atoms with Crippen LogP contribution in [0.5, 0.6) is 0 Å². The lowest BCUT2D eigenvalue weighted by Crippen LogP contribution is -2.47. The highest BCUT2D eigenvalue weighted by Gasteiger charge is 2.34. The molecule has 9 heteroatoms. The Morgan fingerprint density at radius 2 is 2.04 bits per heavy atom. The third-order valence-electron chi connectivity index (χ3n) is 4.58. The Morgan fingerprint density at radius 3 is 2.76 bits per heavy atom. The van der Waals surface area contributed by atoms with Crippen LogP contribution in [0, 0.1) is 5.92 Å². The molecule has 1 atom stereocenters. The number of rotatable bonds is 3. The van der Waals surface area contributed by atoms with Gasteiger partial charge in [-0.1, -0.05) is 0 Å². The number of halogens is 3. The second-order valence-corrected chi connectivity index (χ2v) is 6.42. The molecule has 2 fully saturated rings. The van der Waals surface area contributed by atoms with Crippen LogP contribution in [-0.2, 0) is 15.7 Å². The van der Waals surface area contributed by atoms with E-state index in [0.29, 0.717) is 39.1 Å². The van der Waals surface area contributed by atoms with Gasteiger partial charge in [-0.2, -0.15) is 13.2 Å². The lowest BCUT2D eigenvalue weighted by molar-refractivity contribution is -0.141. The quantitative estimate of drug-likeness (QED) is 0.895. The summed E-state index contributed by atoms with van der Waals surface area (Å²) >= 11 is 0. The van der Waals surface area contributed by atoms with Crippen molar-refractivity contribution >= 4 is 11.9 Å². The molecule has 1 amide bonds. The molecule has 0 aromatic carbocycles. The van der Waals surface area contributed by atoms with Crippen molar-refractivity contribution in [3.8, 4) is 0 Å². The number of anilines is 1. The van der Waals surface area contributed by atoms with Crippen LogP contribution in [0.4, 0.5) is 19.1 Å². The summed E-state index contributed by atoms with van der Waals surface area (Å²) in [6.45, 7) is 2.15. The van der Waals surface area contributed by atoms with Gasteiger partial charge in [0.2, 0.25) is 11.9 Å². The van der Waals surface area contributed by atoms with Crippen molar-refractivity contribution in [3.63, 3.8) is 0 Å². The van der Waals surface area contributed by atoms with E-state index in [-0.39, 0.29) is 23.8 Å². The Morgan fingerprint density at radius 1 is 1.28 bits per heavy atom. The zero-order valence-corrected chi connectivity index (χ0v) is 13.8. The highest BCUT2D eigenvalue weighted by molar-refractivity contribution is 5.79. The van der Waals surface area contributed by atoms with Crippen molar-refractivity contribution in [2.45, 2.75) is 37.9 Å². The number of carbonyl (C=O) groups is 1. The minimum atomic E-state index is -4.51. The summed E-state index contributed by atoms with van der Waals surface area (Å²) in [6, 6.07) is 0.962. The van der Waals surface area contributed by atoms with Crippen LogP contribution in [0.1, 0.15) is 31.4 Å². The molecule has 0 radical (unpaired) electrons. The molecular formula is C16H21F3N4O2. The predicted molar refractivity (Wildman–Crippen MR) is 84.0 cm³/mol. The second kappa shape index (κ2) is 7.55. The molecule has 0 saturated carbocycles. The fourth-order valence-electron chi connectivity index (χ4n) is 3.19. The van der Waals surface area contributed by atoms with E-state index in [4.69, 9.17) is 4.74 Å². The summed E-state index contributed by atoms with van der Waals surface area (Å²) in [5, 5.41) is 3.03. The van der Waals surface area contributed by atoms with Gasteiger partial charge in [0.25, 0.3) is 0 Å². The Bertz CT molecular complexity index is 605. The van der Waals surface area contributed by atoms with Crippen molar-refractivity contribution in [2.75, 3.05) is 31.2 Å². The van der Waals surface area contributed by atoms with Gasteiger partial charge in [0.1, 0.15) is 5.69 Å². The topological polar surface area (TPSA) is 67.3 Å². The largest absolute Gasteiger partial charge is 0.433 e. The maximum Gasteiger partial charge on any atom is 0.433 e. The number of alkyl halides is 3. The average molecular weight is 358 g/mol. The summed E-state index contributed by atoms with van der Waals surface area (Å²) in [5.74, 6) is -0.295. The summed E-state index contributed by atoms with van der Waals surface area (Å²) in [6.07, 6.45) is -0.391. The number of hydrogen-bond donors (Lipinski definition) is 1. The molecule has 2 aliphatic rings. The summed E-state index contributed by atoms with van der Waals surface area (Å²) < 4.78 is 43.7. The zero-order valence-electron chi connectivity index (χ0n) is 13.8. The van der Waals surface area contributed by atoms with Gasteiger partial charge in [-0.25, -0.2) is 9.97 Å². The van der Waals surface area contributed by atoms with E-state index in [2.05, 4.69) is 15.3 Å². The third-order valence-corrected chi connectivity index (χ3v) is 4.58. The van der Waals surface area contributed by atoms with Gasteiger partial charge < -0.3 is 15.0 Å². The Balaban J connectivity index is 1.63. The first-order chi connectivity index (χ1) is 11.9. The molecule has 1 aromatic heterocycles. The van der Waals surface area contributed by atoms with Gasteiger partial charge in [-0.05, 0) is 31.7 Å². The van der Waals surface area contributed by atoms with Crippen LogP contribution in [0.2, 0.25) is 0 Å². The van der Waals surface area contributed by atoms with E-state index in [0.717, 1.165) is 25.1 Å². The fourth-order valence-corrected chi connectivity index (χ4v) is 3.19. The number of carbonyl (C=O) groups excluding carboxylic acids is 1. The molecule has 6 nitrogen and oxygen atoms in total. The molecule has 2 saturated heterocycles. The monoisotopic (exact) mass is 358 g/mol. The van der Waals surface area contributed by atoms with E-state index < -0.39 is 11.9 Å². The zero-order chi connectivity index (χ0) is 17.9. The van der Waals surface area contributed by atoms with Crippen LogP contribution in [0.3, 0.4) is 0 Å². The van der Waals surface area contributed by atoms with Crippen LogP contribution < -0.4 is 10.2 Å². The molecule has 3 heterocycles. The minimum Gasteiger partial charge on any atom is -0.381 e. The van der Waals surface area contributed by atoms with Crippen LogP contribution in [0.15, 0.2) is 12.3 Å². The van der Waals surface area contributed by atoms with Crippen molar-refractivity contribution in [1.82, 2.24) is 15.3 Å². The first-order valence-electron chi connectivity index (χ1n) is 8.47. The van der Waals surface area contributed by atoms with Crippen molar-refractivity contribution in [2.24, 2.45) is 5.92 Å². The van der Waals surface area contributed by atoms with Crippen molar-refractivity contribution in [3.05, 3.63) is 18.0 Å². The summed E-state index contributed by atoms with van der Waals surface area (Å²) in [5.41, 5.74) is -0.966. The van der Waals surface area contributed by atoms with E-state index in [1.165, 1.54) is 0 Å². The Kier molecular flexibility index (Phi) is 5.41. The van der Waals surface area contributed by atoms with Crippen LogP contribution >= 0.6 is 0 Å². The smallest absolute Gasteiger partial charge is 0.381 e. The summed E-state index contributed by atoms with van der Waals surface area (Å²) in [7, 11) is 0. The lowest BCUT2D eigenvalue weighted by Gasteiger charge is -2.33. The third kappa shape index (κ3) is 4.59. The maximum absolute atomic E-state index is 12.8. The SMILES string of the molecule is O=C(NC1CCOCC1)C1CCCN(c2nccc(C(F)(F)F)n2)C1. The molecule has 138 valence electrons. The van der Waals surface area contributed by atoms with Crippen molar-refractivity contribution < 1.29 is 22.7 Å². The molecule has 1 unspecified atom stereocenters. The molecular weight excluding hydrogens is 337 g/mol. The molecule has 0 bridgehead atoms. The molecule has 3 rings (SSSR count). The normalized spacial score (nSPS) is 22.7. The number of ether oxygens (including phenoxy) is 1. The van der Waals surface area contributed by atoms with Crippen LogP contribution in [-0.4, -0.2) is 48.2 Å². The van der Waals surface area contributed by atoms with E-state index in [9.17, 15) is 18.0 Å².